The number of aromatic nitrogens is 5. The van der Waals surface area contributed by atoms with E-state index in [-0.39, 0.29) is 0 Å². The second-order valence-electron chi connectivity index (χ2n) is 6.66. The third-order valence-electron chi connectivity index (χ3n) is 4.84. The van der Waals surface area contributed by atoms with Gasteiger partial charge in [-0.15, -0.1) is 11.3 Å². The molecule has 7 heteroatoms. The van der Waals surface area contributed by atoms with Gasteiger partial charge < -0.3 is 9.47 Å². The molecule has 0 aliphatic carbocycles. The number of hydrogen-bond acceptors (Lipinski definition) is 5. The fourth-order valence-electron chi connectivity index (χ4n) is 3.51. The smallest absolute Gasteiger partial charge is 0.185 e. The van der Waals surface area contributed by atoms with Gasteiger partial charge in [0.15, 0.2) is 11.0 Å². The molecular weight excluding hydrogens is 356 g/mol. The van der Waals surface area contributed by atoms with Gasteiger partial charge in [-0.2, -0.15) is 5.10 Å². The van der Waals surface area contributed by atoms with Crippen LogP contribution in [-0.4, -0.2) is 37.4 Å². The summed E-state index contributed by atoms with van der Waals surface area (Å²) in [5, 5.41) is 7.79. The summed E-state index contributed by atoms with van der Waals surface area (Å²) in [5.74, 6) is 0.895. The molecule has 4 aromatic rings. The van der Waals surface area contributed by atoms with Crippen LogP contribution in [0.4, 0.5) is 5.13 Å². The number of para-hydroxylation sites is 1. The van der Waals surface area contributed by atoms with E-state index < -0.39 is 0 Å². The number of hydrogen-bond donors (Lipinski definition) is 0. The molecule has 136 valence electrons. The Morgan fingerprint density at radius 2 is 1.85 bits per heavy atom. The molecular formula is C20H20N6S. The Kier molecular flexibility index (Phi) is 4.21. The topological polar surface area (TPSA) is 51.8 Å². The van der Waals surface area contributed by atoms with E-state index in [0.717, 1.165) is 41.1 Å². The number of rotatable bonds is 5. The third-order valence-corrected chi connectivity index (χ3v) is 5.79. The fourth-order valence-corrected chi connectivity index (χ4v) is 4.39. The standard InChI is InChI=1S/C20H20N6S/c1-2-6-17(7-3-1)26-18(8-9-22-26)19-21-10-13-25(19)14-16-15-27-20(23-16)24-11-4-5-12-24/h1-3,6-10,13,15H,4-5,11-12,14H2. The van der Waals surface area contributed by atoms with Crippen molar-refractivity contribution in [2.24, 2.45) is 0 Å². The Morgan fingerprint density at radius 1 is 1.00 bits per heavy atom. The van der Waals surface area contributed by atoms with Crippen molar-refractivity contribution in [3.63, 3.8) is 0 Å². The zero-order chi connectivity index (χ0) is 18.1. The Bertz CT molecular complexity index is 1030. The number of nitrogens with zero attached hydrogens (tertiary/aromatic N) is 6. The average molecular weight is 376 g/mol. The van der Waals surface area contributed by atoms with Crippen molar-refractivity contribution < 1.29 is 0 Å². The van der Waals surface area contributed by atoms with Gasteiger partial charge in [0.25, 0.3) is 0 Å². The van der Waals surface area contributed by atoms with Gasteiger partial charge in [-0.3, -0.25) is 0 Å². The predicted molar refractivity (Wildman–Crippen MR) is 107 cm³/mol. The molecule has 1 aliphatic rings. The van der Waals surface area contributed by atoms with Gasteiger partial charge in [0, 0.05) is 30.9 Å². The fraction of sp³-hybridized carbons (Fsp3) is 0.250. The first-order chi connectivity index (χ1) is 13.4. The molecule has 3 aromatic heterocycles. The lowest BCUT2D eigenvalue weighted by Crippen LogP contribution is -2.17. The van der Waals surface area contributed by atoms with Crippen molar-refractivity contribution in [3.8, 4) is 17.2 Å². The normalized spacial score (nSPS) is 14.1. The minimum atomic E-state index is 0.708. The number of benzene rings is 1. The van der Waals surface area contributed by atoms with Crippen LogP contribution >= 0.6 is 11.3 Å². The van der Waals surface area contributed by atoms with Gasteiger partial charge in [-0.05, 0) is 31.0 Å². The highest BCUT2D eigenvalue weighted by Crippen LogP contribution is 2.26. The summed E-state index contributed by atoms with van der Waals surface area (Å²) in [6.45, 7) is 2.96. The zero-order valence-corrected chi connectivity index (χ0v) is 15.7. The van der Waals surface area contributed by atoms with Crippen molar-refractivity contribution in [2.45, 2.75) is 19.4 Å². The molecule has 4 heterocycles. The van der Waals surface area contributed by atoms with E-state index in [9.17, 15) is 0 Å². The van der Waals surface area contributed by atoms with Crippen LogP contribution in [0.3, 0.4) is 0 Å². The predicted octanol–water partition coefficient (Wildman–Crippen LogP) is 3.84. The quantitative estimate of drug-likeness (QED) is 0.531. The summed E-state index contributed by atoms with van der Waals surface area (Å²) in [6.07, 6.45) is 8.20. The minimum Gasteiger partial charge on any atom is -0.348 e. The molecule has 0 unspecified atom stereocenters. The summed E-state index contributed by atoms with van der Waals surface area (Å²) in [6, 6.07) is 12.1. The maximum atomic E-state index is 4.84. The molecule has 6 nitrogen and oxygen atoms in total. The molecule has 1 saturated heterocycles. The Hall–Kier alpha value is -2.93. The molecule has 0 saturated carbocycles. The zero-order valence-electron chi connectivity index (χ0n) is 14.9. The summed E-state index contributed by atoms with van der Waals surface area (Å²) in [7, 11) is 0. The first kappa shape index (κ1) is 16.3. The molecule has 27 heavy (non-hydrogen) atoms. The van der Waals surface area contributed by atoms with Gasteiger partial charge >= 0.3 is 0 Å². The van der Waals surface area contributed by atoms with Crippen LogP contribution in [-0.2, 0) is 6.54 Å². The summed E-state index contributed by atoms with van der Waals surface area (Å²) in [4.78, 5) is 11.8. The lowest BCUT2D eigenvalue weighted by atomic mass is 10.3. The van der Waals surface area contributed by atoms with Crippen LogP contribution in [0.25, 0.3) is 17.2 Å². The van der Waals surface area contributed by atoms with Crippen LogP contribution in [0.2, 0.25) is 0 Å². The summed E-state index contributed by atoms with van der Waals surface area (Å²) < 4.78 is 4.06. The molecule has 0 bridgehead atoms. The van der Waals surface area contributed by atoms with E-state index in [1.807, 2.05) is 59.7 Å². The second kappa shape index (κ2) is 7.00. The van der Waals surface area contributed by atoms with Gasteiger partial charge in [0.05, 0.1) is 24.1 Å². The Morgan fingerprint density at radius 3 is 2.70 bits per heavy atom. The first-order valence-corrected chi connectivity index (χ1v) is 10.1. The van der Waals surface area contributed by atoms with E-state index in [0.29, 0.717) is 6.54 Å². The maximum absolute atomic E-state index is 4.84. The van der Waals surface area contributed by atoms with Crippen LogP contribution in [0.5, 0.6) is 0 Å². The molecule has 0 radical (unpaired) electrons. The number of anilines is 1. The third kappa shape index (κ3) is 3.14. The minimum absolute atomic E-state index is 0.708. The average Bonchev–Trinajstić information content (AvgIpc) is 3.48. The van der Waals surface area contributed by atoms with E-state index >= 15 is 0 Å². The monoisotopic (exact) mass is 376 g/mol. The maximum Gasteiger partial charge on any atom is 0.185 e. The van der Waals surface area contributed by atoms with Crippen LogP contribution in [0, 0.1) is 0 Å². The van der Waals surface area contributed by atoms with Crippen molar-refractivity contribution in [1.82, 2.24) is 24.3 Å². The highest BCUT2D eigenvalue weighted by atomic mass is 32.1. The largest absolute Gasteiger partial charge is 0.348 e. The van der Waals surface area contributed by atoms with E-state index in [4.69, 9.17) is 4.98 Å². The highest BCUT2D eigenvalue weighted by molar-refractivity contribution is 7.13. The van der Waals surface area contributed by atoms with Crippen molar-refractivity contribution in [1.29, 1.82) is 0 Å². The number of imidazole rings is 1. The van der Waals surface area contributed by atoms with Gasteiger partial charge in [0.2, 0.25) is 0 Å². The van der Waals surface area contributed by atoms with Crippen LogP contribution in [0.1, 0.15) is 18.5 Å². The van der Waals surface area contributed by atoms with E-state index in [1.165, 1.54) is 12.8 Å². The molecule has 0 atom stereocenters. The van der Waals surface area contributed by atoms with Gasteiger partial charge in [-0.1, -0.05) is 18.2 Å². The van der Waals surface area contributed by atoms with Crippen molar-refractivity contribution in [3.05, 3.63) is 66.1 Å². The van der Waals surface area contributed by atoms with Crippen LogP contribution in [0.15, 0.2) is 60.4 Å². The summed E-state index contributed by atoms with van der Waals surface area (Å²) in [5.41, 5.74) is 3.07. The lowest BCUT2D eigenvalue weighted by molar-refractivity contribution is 0.771. The summed E-state index contributed by atoms with van der Waals surface area (Å²) >= 11 is 1.74. The molecule has 0 spiro atoms. The van der Waals surface area contributed by atoms with Gasteiger partial charge in [0.1, 0.15) is 5.69 Å². The number of thiazole rings is 1. The molecule has 1 fully saturated rings. The van der Waals surface area contributed by atoms with Crippen molar-refractivity contribution in [2.75, 3.05) is 18.0 Å². The molecule has 0 amide bonds. The van der Waals surface area contributed by atoms with E-state index in [2.05, 4.69) is 24.9 Å². The van der Waals surface area contributed by atoms with Crippen molar-refractivity contribution >= 4 is 16.5 Å². The SMILES string of the molecule is c1ccc(-n2nccc2-c2nccn2Cc2csc(N3CCCC3)n2)cc1. The van der Waals surface area contributed by atoms with Crippen LogP contribution < -0.4 is 4.90 Å². The Labute approximate surface area is 161 Å². The lowest BCUT2D eigenvalue weighted by Gasteiger charge is -2.12. The van der Waals surface area contributed by atoms with Gasteiger partial charge in [-0.25, -0.2) is 14.6 Å². The highest BCUT2D eigenvalue weighted by Gasteiger charge is 2.17. The molecule has 0 N–H and O–H groups in total. The first-order valence-electron chi connectivity index (χ1n) is 9.19. The van der Waals surface area contributed by atoms with E-state index in [1.54, 1.807) is 11.3 Å². The Balaban J connectivity index is 1.43. The molecule has 1 aromatic carbocycles. The second-order valence-corrected chi connectivity index (χ2v) is 7.49. The molecule has 1 aliphatic heterocycles. The molecule has 5 rings (SSSR count).